The molecule has 0 saturated carbocycles. The summed E-state index contributed by atoms with van der Waals surface area (Å²) in [5, 5.41) is 5.22. The lowest BCUT2D eigenvalue weighted by atomic mass is 9.84. The van der Waals surface area contributed by atoms with Gasteiger partial charge in [-0.2, -0.15) is 11.8 Å². The van der Waals surface area contributed by atoms with Gasteiger partial charge in [-0.15, -0.1) is 0 Å². The van der Waals surface area contributed by atoms with Crippen molar-refractivity contribution in [3.63, 3.8) is 0 Å². The van der Waals surface area contributed by atoms with Crippen LogP contribution >= 0.6 is 11.8 Å². The minimum Gasteiger partial charge on any atom is -0.316 e. The highest BCUT2D eigenvalue weighted by Gasteiger charge is 2.30. The molecule has 0 aromatic heterocycles. The maximum Gasteiger partial charge on any atom is 0.0149 e. The first-order chi connectivity index (χ1) is 8.99. The summed E-state index contributed by atoms with van der Waals surface area (Å²) in [5.41, 5.74) is 0.436. The molecule has 0 aromatic rings. The van der Waals surface area contributed by atoms with Gasteiger partial charge in [0.05, 0.1) is 0 Å². The van der Waals surface area contributed by atoms with Crippen molar-refractivity contribution >= 4 is 11.8 Å². The fourth-order valence-corrected chi connectivity index (χ4v) is 4.73. The van der Waals surface area contributed by atoms with Crippen LogP contribution in [-0.4, -0.2) is 48.1 Å². The summed E-state index contributed by atoms with van der Waals surface area (Å²) in [6.07, 6.45) is 3.85. The lowest BCUT2D eigenvalue weighted by Crippen LogP contribution is -2.48. The van der Waals surface area contributed by atoms with Crippen molar-refractivity contribution in [1.82, 2.24) is 10.2 Å². The molecular weight excluding hydrogens is 252 g/mol. The second-order valence-electron chi connectivity index (χ2n) is 6.69. The molecule has 0 spiro atoms. The Morgan fingerprint density at radius 3 is 2.32 bits per heavy atom. The van der Waals surface area contributed by atoms with E-state index in [9.17, 15) is 0 Å². The second-order valence-corrected chi connectivity index (χ2v) is 8.57. The van der Waals surface area contributed by atoms with Gasteiger partial charge in [-0.25, -0.2) is 0 Å². The summed E-state index contributed by atoms with van der Waals surface area (Å²) in [6.45, 7) is 17.9. The smallest absolute Gasteiger partial charge is 0.0149 e. The van der Waals surface area contributed by atoms with Crippen LogP contribution in [0.3, 0.4) is 0 Å². The predicted molar refractivity (Wildman–Crippen MR) is 89.1 cm³/mol. The minimum absolute atomic E-state index is 0.436. The standard InChI is InChI=1S/C16H34N2S/c1-6-8-16(5,12-17-9-7-2)13-18-10-14(3)19-15(4)11-18/h14-15,17H,6-13H2,1-5H3. The number of thioether (sulfide) groups is 1. The van der Waals surface area contributed by atoms with Crippen LogP contribution in [0.15, 0.2) is 0 Å². The van der Waals surface area contributed by atoms with E-state index < -0.39 is 0 Å². The molecule has 1 saturated heterocycles. The zero-order chi connectivity index (χ0) is 14.3. The van der Waals surface area contributed by atoms with E-state index in [0.717, 1.165) is 17.0 Å². The van der Waals surface area contributed by atoms with E-state index in [-0.39, 0.29) is 0 Å². The molecule has 2 nitrogen and oxygen atoms in total. The van der Waals surface area contributed by atoms with Gasteiger partial charge < -0.3 is 10.2 Å². The van der Waals surface area contributed by atoms with Gasteiger partial charge in [-0.1, -0.05) is 41.0 Å². The molecule has 114 valence electrons. The van der Waals surface area contributed by atoms with E-state index in [2.05, 4.69) is 56.6 Å². The Labute approximate surface area is 125 Å². The van der Waals surface area contributed by atoms with Crippen LogP contribution in [0.4, 0.5) is 0 Å². The number of hydrogen-bond donors (Lipinski definition) is 1. The first-order valence-electron chi connectivity index (χ1n) is 8.07. The van der Waals surface area contributed by atoms with Gasteiger partial charge in [0, 0.05) is 36.7 Å². The first kappa shape index (κ1) is 17.3. The molecule has 1 aliphatic heterocycles. The van der Waals surface area contributed by atoms with Crippen molar-refractivity contribution in [1.29, 1.82) is 0 Å². The van der Waals surface area contributed by atoms with E-state index in [4.69, 9.17) is 0 Å². The normalized spacial score (nSPS) is 28.3. The molecule has 0 radical (unpaired) electrons. The Morgan fingerprint density at radius 1 is 1.16 bits per heavy atom. The molecular formula is C16H34N2S. The number of nitrogens with zero attached hydrogens (tertiary/aromatic N) is 1. The first-order valence-corrected chi connectivity index (χ1v) is 9.02. The van der Waals surface area contributed by atoms with E-state index in [1.54, 1.807) is 0 Å². The van der Waals surface area contributed by atoms with Crippen LogP contribution in [0.25, 0.3) is 0 Å². The Balaban J connectivity index is 2.50. The largest absolute Gasteiger partial charge is 0.316 e. The van der Waals surface area contributed by atoms with Crippen molar-refractivity contribution < 1.29 is 0 Å². The summed E-state index contributed by atoms with van der Waals surface area (Å²) in [7, 11) is 0. The monoisotopic (exact) mass is 286 g/mol. The van der Waals surface area contributed by atoms with Gasteiger partial charge in [0.25, 0.3) is 0 Å². The van der Waals surface area contributed by atoms with Crippen LogP contribution in [0.1, 0.15) is 53.9 Å². The maximum atomic E-state index is 3.64. The van der Waals surface area contributed by atoms with Crippen LogP contribution in [0.5, 0.6) is 0 Å². The predicted octanol–water partition coefficient (Wildman–Crippen LogP) is 3.62. The zero-order valence-electron chi connectivity index (χ0n) is 13.7. The van der Waals surface area contributed by atoms with Crippen molar-refractivity contribution in [3.05, 3.63) is 0 Å². The molecule has 1 rings (SSSR count). The Morgan fingerprint density at radius 2 is 1.79 bits per heavy atom. The van der Waals surface area contributed by atoms with Gasteiger partial charge in [-0.05, 0) is 24.8 Å². The van der Waals surface area contributed by atoms with E-state index >= 15 is 0 Å². The number of nitrogens with one attached hydrogen (secondary N) is 1. The van der Waals surface area contributed by atoms with Crippen LogP contribution in [0, 0.1) is 5.41 Å². The lowest BCUT2D eigenvalue weighted by molar-refractivity contribution is 0.148. The maximum absolute atomic E-state index is 3.64. The molecule has 1 N–H and O–H groups in total. The molecule has 0 bridgehead atoms. The quantitative estimate of drug-likeness (QED) is 0.686. The van der Waals surface area contributed by atoms with Gasteiger partial charge >= 0.3 is 0 Å². The topological polar surface area (TPSA) is 15.3 Å². The van der Waals surface area contributed by atoms with Gasteiger partial charge in [0.2, 0.25) is 0 Å². The Kier molecular flexibility index (Phi) is 7.78. The van der Waals surface area contributed by atoms with Crippen LogP contribution < -0.4 is 5.32 Å². The highest BCUT2D eigenvalue weighted by Crippen LogP contribution is 2.29. The number of rotatable bonds is 8. The van der Waals surface area contributed by atoms with Crippen molar-refractivity contribution in [2.45, 2.75) is 64.4 Å². The third kappa shape index (κ3) is 6.50. The average Bonchev–Trinajstić information content (AvgIpc) is 2.27. The fourth-order valence-electron chi connectivity index (χ4n) is 3.35. The third-order valence-corrected chi connectivity index (χ3v) is 5.16. The summed E-state index contributed by atoms with van der Waals surface area (Å²) in [4.78, 5) is 2.70. The summed E-state index contributed by atoms with van der Waals surface area (Å²) in [5.74, 6) is 0. The lowest BCUT2D eigenvalue weighted by Gasteiger charge is -2.41. The van der Waals surface area contributed by atoms with Crippen LogP contribution in [-0.2, 0) is 0 Å². The molecule has 3 atom stereocenters. The molecule has 1 aliphatic rings. The summed E-state index contributed by atoms with van der Waals surface area (Å²) >= 11 is 2.15. The molecule has 19 heavy (non-hydrogen) atoms. The van der Waals surface area contributed by atoms with Gasteiger partial charge in [-0.3, -0.25) is 0 Å². The molecule has 3 heteroatoms. The third-order valence-electron chi connectivity index (χ3n) is 3.93. The van der Waals surface area contributed by atoms with Crippen molar-refractivity contribution in [2.24, 2.45) is 5.41 Å². The molecule has 0 aliphatic carbocycles. The van der Waals surface area contributed by atoms with E-state index in [1.807, 2.05) is 0 Å². The van der Waals surface area contributed by atoms with Crippen molar-refractivity contribution in [2.75, 3.05) is 32.7 Å². The Hall–Kier alpha value is 0.270. The Bertz CT molecular complexity index is 237. The summed E-state index contributed by atoms with van der Waals surface area (Å²) < 4.78 is 0. The summed E-state index contributed by atoms with van der Waals surface area (Å²) in [6, 6.07) is 0. The van der Waals surface area contributed by atoms with E-state index in [1.165, 1.54) is 45.4 Å². The minimum atomic E-state index is 0.436. The molecule has 0 aromatic carbocycles. The van der Waals surface area contributed by atoms with Crippen molar-refractivity contribution in [3.8, 4) is 0 Å². The molecule has 3 unspecified atom stereocenters. The second kappa shape index (κ2) is 8.53. The van der Waals surface area contributed by atoms with E-state index in [0.29, 0.717) is 5.41 Å². The van der Waals surface area contributed by atoms with Gasteiger partial charge in [0.15, 0.2) is 0 Å². The molecule has 1 fully saturated rings. The highest BCUT2D eigenvalue weighted by molar-refractivity contribution is 8.00. The molecule has 1 heterocycles. The molecule has 0 amide bonds. The highest BCUT2D eigenvalue weighted by atomic mass is 32.2. The average molecular weight is 287 g/mol. The fraction of sp³-hybridized carbons (Fsp3) is 1.00. The zero-order valence-corrected chi connectivity index (χ0v) is 14.5. The number of hydrogen-bond acceptors (Lipinski definition) is 3. The van der Waals surface area contributed by atoms with Crippen LogP contribution in [0.2, 0.25) is 0 Å². The van der Waals surface area contributed by atoms with Gasteiger partial charge in [0.1, 0.15) is 0 Å². The SMILES string of the molecule is CCCNCC(C)(CCC)CN1CC(C)SC(C)C1.